The predicted octanol–water partition coefficient (Wildman–Crippen LogP) is 2.71. The molecule has 0 saturated heterocycles. The van der Waals surface area contributed by atoms with E-state index in [2.05, 4.69) is 22.5 Å². The van der Waals surface area contributed by atoms with Gasteiger partial charge in [0.25, 0.3) is 0 Å². The first-order valence-corrected chi connectivity index (χ1v) is 6.87. The second kappa shape index (κ2) is 6.09. The number of hydrogen-bond acceptors (Lipinski definition) is 4. The normalized spacial score (nSPS) is 14.4. The van der Waals surface area contributed by atoms with Crippen LogP contribution < -0.4 is 5.73 Å². The van der Waals surface area contributed by atoms with Crippen LogP contribution in [-0.4, -0.2) is 24.2 Å². The highest BCUT2D eigenvalue weighted by Gasteiger charge is 2.14. The Kier molecular flexibility index (Phi) is 4.47. The molecular weight excluding hydrogens is 244 g/mol. The van der Waals surface area contributed by atoms with Gasteiger partial charge in [-0.2, -0.15) is 0 Å². The van der Waals surface area contributed by atoms with Crippen molar-refractivity contribution >= 4 is 11.3 Å². The van der Waals surface area contributed by atoms with E-state index in [1.807, 2.05) is 25.1 Å². The smallest absolute Gasteiger partial charge is 0.0949 e. The minimum absolute atomic E-state index is 0.00947. The molecule has 18 heavy (non-hydrogen) atoms. The molecule has 4 heteroatoms. The Bertz CT molecular complexity index is 484. The van der Waals surface area contributed by atoms with Crippen LogP contribution in [0.25, 0.3) is 11.3 Å². The van der Waals surface area contributed by atoms with Gasteiger partial charge in [-0.15, -0.1) is 11.3 Å². The van der Waals surface area contributed by atoms with Crippen LogP contribution in [0.2, 0.25) is 0 Å². The summed E-state index contributed by atoms with van der Waals surface area (Å²) in [6, 6.07) is 10.2. The average Bonchev–Trinajstić information content (AvgIpc) is 2.87. The molecule has 2 unspecified atom stereocenters. The molecule has 1 aromatic carbocycles. The third kappa shape index (κ3) is 3.16. The molecule has 0 aliphatic carbocycles. The number of nitrogens with two attached hydrogens (primary N) is 1. The Labute approximate surface area is 112 Å². The maximum Gasteiger partial charge on any atom is 0.0949 e. The molecule has 2 N–H and O–H groups in total. The van der Waals surface area contributed by atoms with Crippen LogP contribution in [0.15, 0.2) is 35.7 Å². The highest BCUT2D eigenvalue weighted by atomic mass is 32.1. The lowest BCUT2D eigenvalue weighted by Crippen LogP contribution is -2.35. The summed E-state index contributed by atoms with van der Waals surface area (Å²) in [6.45, 7) is 1.98. The van der Waals surface area contributed by atoms with Gasteiger partial charge in [0.15, 0.2) is 0 Å². The van der Waals surface area contributed by atoms with Crippen molar-refractivity contribution in [1.82, 2.24) is 4.98 Å². The van der Waals surface area contributed by atoms with E-state index in [1.165, 1.54) is 0 Å². The van der Waals surface area contributed by atoms with Gasteiger partial charge in [0, 0.05) is 30.5 Å². The molecule has 2 aromatic rings. The zero-order valence-electron chi connectivity index (χ0n) is 10.7. The maximum absolute atomic E-state index is 6.05. The largest absolute Gasteiger partial charge is 0.380 e. The van der Waals surface area contributed by atoms with E-state index in [0.717, 1.165) is 22.7 Å². The van der Waals surface area contributed by atoms with Gasteiger partial charge in [-0.1, -0.05) is 30.3 Å². The SMILES string of the molecule is COC(C)C(N)Cc1nc(-c2ccccc2)cs1. The molecule has 96 valence electrons. The summed E-state index contributed by atoms with van der Waals surface area (Å²) in [5.74, 6) is 0. The molecule has 2 rings (SSSR count). The molecule has 0 aliphatic rings. The minimum atomic E-state index is -0.00947. The zero-order chi connectivity index (χ0) is 13.0. The highest BCUT2D eigenvalue weighted by Crippen LogP contribution is 2.22. The summed E-state index contributed by atoms with van der Waals surface area (Å²) in [5.41, 5.74) is 8.22. The number of rotatable bonds is 5. The number of nitrogens with zero attached hydrogens (tertiary/aromatic N) is 1. The minimum Gasteiger partial charge on any atom is -0.380 e. The first-order chi connectivity index (χ1) is 8.70. The van der Waals surface area contributed by atoms with E-state index < -0.39 is 0 Å². The standard InChI is InChI=1S/C14H18N2OS/c1-10(17-2)12(15)8-14-16-13(9-18-14)11-6-4-3-5-7-11/h3-7,9-10,12H,8,15H2,1-2H3. The van der Waals surface area contributed by atoms with E-state index in [4.69, 9.17) is 10.5 Å². The highest BCUT2D eigenvalue weighted by molar-refractivity contribution is 7.09. The van der Waals surface area contributed by atoms with Crippen molar-refractivity contribution < 1.29 is 4.74 Å². The molecule has 0 saturated carbocycles. The van der Waals surface area contributed by atoms with Gasteiger partial charge in [0.05, 0.1) is 16.8 Å². The van der Waals surface area contributed by atoms with E-state index >= 15 is 0 Å². The molecule has 0 aliphatic heterocycles. The third-order valence-corrected chi connectivity index (χ3v) is 3.88. The van der Waals surface area contributed by atoms with Gasteiger partial charge in [-0.25, -0.2) is 4.98 Å². The van der Waals surface area contributed by atoms with Gasteiger partial charge in [-0.05, 0) is 6.92 Å². The third-order valence-electron chi connectivity index (χ3n) is 3.01. The van der Waals surface area contributed by atoms with Crippen molar-refractivity contribution in [3.8, 4) is 11.3 Å². The summed E-state index contributed by atoms with van der Waals surface area (Å²) >= 11 is 1.65. The van der Waals surface area contributed by atoms with Crippen molar-refractivity contribution in [2.24, 2.45) is 5.73 Å². The Morgan fingerprint density at radius 2 is 2.06 bits per heavy atom. The summed E-state index contributed by atoms with van der Waals surface area (Å²) in [7, 11) is 1.68. The lowest BCUT2D eigenvalue weighted by Gasteiger charge is -2.16. The molecule has 1 aromatic heterocycles. The second-order valence-corrected chi connectivity index (χ2v) is 5.24. The fraction of sp³-hybridized carbons (Fsp3) is 0.357. The number of aromatic nitrogens is 1. The van der Waals surface area contributed by atoms with Crippen molar-refractivity contribution in [2.75, 3.05) is 7.11 Å². The van der Waals surface area contributed by atoms with Crippen LogP contribution in [0.1, 0.15) is 11.9 Å². The van der Waals surface area contributed by atoms with E-state index in [-0.39, 0.29) is 12.1 Å². The van der Waals surface area contributed by atoms with Crippen LogP contribution in [0.5, 0.6) is 0 Å². The Hall–Kier alpha value is -1.23. The number of methoxy groups -OCH3 is 1. The van der Waals surface area contributed by atoms with Gasteiger partial charge in [0.1, 0.15) is 0 Å². The van der Waals surface area contributed by atoms with Gasteiger partial charge < -0.3 is 10.5 Å². The monoisotopic (exact) mass is 262 g/mol. The topological polar surface area (TPSA) is 48.1 Å². The quantitative estimate of drug-likeness (QED) is 0.901. The summed E-state index contributed by atoms with van der Waals surface area (Å²) in [4.78, 5) is 4.62. The van der Waals surface area contributed by atoms with E-state index in [9.17, 15) is 0 Å². The second-order valence-electron chi connectivity index (χ2n) is 4.30. The average molecular weight is 262 g/mol. The van der Waals surface area contributed by atoms with Gasteiger partial charge in [0.2, 0.25) is 0 Å². The maximum atomic E-state index is 6.05. The van der Waals surface area contributed by atoms with Gasteiger partial charge in [-0.3, -0.25) is 0 Å². The van der Waals surface area contributed by atoms with Crippen LogP contribution in [-0.2, 0) is 11.2 Å². The van der Waals surface area contributed by atoms with E-state index in [1.54, 1.807) is 18.4 Å². The molecule has 0 amide bonds. The van der Waals surface area contributed by atoms with Crippen molar-refractivity contribution in [3.63, 3.8) is 0 Å². The molecule has 0 radical (unpaired) electrons. The van der Waals surface area contributed by atoms with Crippen LogP contribution >= 0.6 is 11.3 Å². The number of thiazole rings is 1. The summed E-state index contributed by atoms with van der Waals surface area (Å²) < 4.78 is 5.23. The zero-order valence-corrected chi connectivity index (χ0v) is 11.5. The lowest BCUT2D eigenvalue weighted by atomic mass is 10.1. The molecular formula is C14H18N2OS. The van der Waals surface area contributed by atoms with Crippen LogP contribution in [0, 0.1) is 0 Å². The van der Waals surface area contributed by atoms with E-state index in [0.29, 0.717) is 0 Å². The fourth-order valence-electron chi connectivity index (χ4n) is 1.69. The Morgan fingerprint density at radius 1 is 1.33 bits per heavy atom. The summed E-state index contributed by atoms with van der Waals surface area (Å²) in [5, 5.41) is 3.14. The van der Waals surface area contributed by atoms with Crippen LogP contribution in [0.4, 0.5) is 0 Å². The molecule has 0 fully saturated rings. The Morgan fingerprint density at radius 3 is 2.72 bits per heavy atom. The number of hydrogen-bond donors (Lipinski definition) is 1. The Balaban J connectivity index is 2.07. The summed E-state index contributed by atoms with van der Waals surface area (Å²) in [6.07, 6.45) is 0.807. The molecule has 1 heterocycles. The molecule has 0 spiro atoms. The fourth-order valence-corrected chi connectivity index (χ4v) is 2.56. The first-order valence-electron chi connectivity index (χ1n) is 5.99. The molecule has 2 atom stereocenters. The number of benzene rings is 1. The number of ether oxygens (including phenoxy) is 1. The van der Waals surface area contributed by atoms with Crippen molar-refractivity contribution in [2.45, 2.75) is 25.5 Å². The first kappa shape index (κ1) is 13.2. The molecule has 3 nitrogen and oxygen atoms in total. The molecule has 0 bridgehead atoms. The predicted molar refractivity (Wildman–Crippen MR) is 75.7 cm³/mol. The van der Waals surface area contributed by atoms with Crippen molar-refractivity contribution in [1.29, 1.82) is 0 Å². The van der Waals surface area contributed by atoms with Crippen molar-refractivity contribution in [3.05, 3.63) is 40.7 Å². The van der Waals surface area contributed by atoms with Gasteiger partial charge >= 0.3 is 0 Å². The van der Waals surface area contributed by atoms with Crippen LogP contribution in [0.3, 0.4) is 0 Å². The lowest BCUT2D eigenvalue weighted by molar-refractivity contribution is 0.0956.